The zero-order valence-electron chi connectivity index (χ0n) is 18.8. The van der Waals surface area contributed by atoms with Crippen molar-refractivity contribution >= 4 is 29.3 Å². The molecule has 0 saturated carbocycles. The van der Waals surface area contributed by atoms with Gasteiger partial charge in [-0.2, -0.15) is 0 Å². The van der Waals surface area contributed by atoms with Crippen LogP contribution >= 0.6 is 0 Å². The molecule has 0 unspecified atom stereocenters. The van der Waals surface area contributed by atoms with E-state index in [1.165, 1.54) is 12.1 Å². The van der Waals surface area contributed by atoms with E-state index in [-0.39, 0.29) is 17.3 Å². The quantitative estimate of drug-likeness (QED) is 0.168. The molecular formula is C28H23FO6. The highest BCUT2D eigenvalue weighted by atomic mass is 19.1. The van der Waals surface area contributed by atoms with Gasteiger partial charge in [-0.1, -0.05) is 48.6 Å². The average molecular weight is 474 g/mol. The van der Waals surface area contributed by atoms with Crippen molar-refractivity contribution in [2.45, 2.75) is 19.3 Å². The molecule has 3 aromatic carbocycles. The Morgan fingerprint density at radius 2 is 1.74 bits per heavy atom. The lowest BCUT2D eigenvalue weighted by Gasteiger charge is -2.07. The summed E-state index contributed by atoms with van der Waals surface area (Å²) in [5.74, 6) is 0.157. The van der Waals surface area contributed by atoms with Crippen molar-refractivity contribution in [1.82, 2.24) is 0 Å². The number of halogens is 1. The first-order valence-corrected chi connectivity index (χ1v) is 11.1. The maximum Gasteiger partial charge on any atom is 0.513 e. The van der Waals surface area contributed by atoms with Gasteiger partial charge in [0, 0.05) is 5.56 Å². The van der Waals surface area contributed by atoms with E-state index in [1.54, 1.807) is 36.4 Å². The molecule has 4 rings (SSSR count). The summed E-state index contributed by atoms with van der Waals surface area (Å²) >= 11 is 0. The minimum absolute atomic E-state index is 0.224. The number of hydrogen-bond acceptors (Lipinski definition) is 5. The Morgan fingerprint density at radius 1 is 0.971 bits per heavy atom. The van der Waals surface area contributed by atoms with Crippen LogP contribution in [0.3, 0.4) is 0 Å². The number of unbranched alkanes of at least 4 members (excludes halogenated alkanes) is 1. The van der Waals surface area contributed by atoms with Crippen LogP contribution in [0.15, 0.2) is 82.0 Å². The van der Waals surface area contributed by atoms with E-state index < -0.39 is 11.6 Å². The zero-order chi connectivity index (χ0) is 24.6. The van der Waals surface area contributed by atoms with Gasteiger partial charge in [-0.15, -0.1) is 0 Å². The van der Waals surface area contributed by atoms with Crippen LogP contribution in [-0.2, 0) is 6.42 Å². The third-order valence-corrected chi connectivity index (χ3v) is 5.33. The molecule has 178 valence electrons. The van der Waals surface area contributed by atoms with Crippen molar-refractivity contribution in [2.24, 2.45) is 0 Å². The van der Waals surface area contributed by atoms with Crippen LogP contribution in [0.25, 0.3) is 23.1 Å². The van der Waals surface area contributed by atoms with Gasteiger partial charge >= 0.3 is 6.16 Å². The summed E-state index contributed by atoms with van der Waals surface area (Å²) in [5, 5.41) is 9.12. The first-order valence-electron chi connectivity index (χ1n) is 11.1. The van der Waals surface area contributed by atoms with Crippen molar-refractivity contribution < 1.29 is 28.2 Å². The number of aryl methyl sites for hydroxylation is 1. The van der Waals surface area contributed by atoms with E-state index in [0.29, 0.717) is 17.6 Å². The van der Waals surface area contributed by atoms with E-state index in [4.69, 9.17) is 14.3 Å². The molecule has 0 aliphatic rings. The molecule has 1 N–H and O–H groups in total. The van der Waals surface area contributed by atoms with Gasteiger partial charge in [0.05, 0.1) is 18.1 Å². The van der Waals surface area contributed by atoms with Crippen molar-refractivity contribution in [3.63, 3.8) is 0 Å². The molecule has 0 spiro atoms. The fraction of sp³-hybridized carbons (Fsp3) is 0.143. The number of ether oxygens (including phenoxy) is 2. The maximum atomic E-state index is 12.9. The molecule has 1 heterocycles. The predicted octanol–water partition coefficient (Wildman–Crippen LogP) is 6.56. The summed E-state index contributed by atoms with van der Waals surface area (Å²) in [6, 6.07) is 20.2. The molecule has 0 aliphatic carbocycles. The lowest BCUT2D eigenvalue weighted by atomic mass is 10.1. The Labute approximate surface area is 200 Å². The minimum Gasteiger partial charge on any atom is -0.494 e. The molecule has 0 fully saturated rings. The third-order valence-electron chi connectivity index (χ3n) is 5.33. The number of para-hydroxylation sites is 1. The molecule has 0 atom stereocenters. The molecule has 6 nitrogen and oxygen atoms in total. The normalized spacial score (nSPS) is 11.1. The van der Waals surface area contributed by atoms with Gasteiger partial charge in [0.2, 0.25) is 0 Å². The fourth-order valence-corrected chi connectivity index (χ4v) is 3.58. The summed E-state index contributed by atoms with van der Waals surface area (Å²) in [5.41, 5.74) is 2.48. The first-order chi connectivity index (χ1) is 17.0. The lowest BCUT2D eigenvalue weighted by Crippen LogP contribution is -2.07. The Bertz CT molecular complexity index is 1390. The van der Waals surface area contributed by atoms with Crippen molar-refractivity contribution in [1.29, 1.82) is 0 Å². The van der Waals surface area contributed by atoms with Crippen molar-refractivity contribution in [3.8, 4) is 11.7 Å². The van der Waals surface area contributed by atoms with E-state index in [2.05, 4.69) is 4.74 Å². The largest absolute Gasteiger partial charge is 0.513 e. The molecular weight excluding hydrogens is 451 g/mol. The number of rotatable bonds is 9. The van der Waals surface area contributed by atoms with Gasteiger partial charge in [0.15, 0.2) is 5.43 Å². The molecule has 0 amide bonds. The summed E-state index contributed by atoms with van der Waals surface area (Å²) in [4.78, 5) is 23.1. The standard InChI is InChI=1S/C28H23FO6/c29-22-13-8-19(9-14-22)4-1-2-17-33-23-15-10-20(11-16-23)7-12-21-5-3-6-24-25(30)18-26(34-27(21)24)35-28(31)32/h3,5-16,18H,1-2,4,17H2,(H,31,32)/b12-7+. The van der Waals surface area contributed by atoms with Crippen LogP contribution in [0.5, 0.6) is 11.7 Å². The molecule has 0 radical (unpaired) electrons. The van der Waals surface area contributed by atoms with Crippen LogP contribution in [0.4, 0.5) is 9.18 Å². The average Bonchev–Trinajstić information content (AvgIpc) is 2.84. The molecule has 0 bridgehead atoms. The molecule has 7 heteroatoms. The second-order valence-corrected chi connectivity index (χ2v) is 7.86. The highest BCUT2D eigenvalue weighted by Crippen LogP contribution is 2.23. The van der Waals surface area contributed by atoms with Crippen LogP contribution in [0, 0.1) is 5.82 Å². The van der Waals surface area contributed by atoms with E-state index in [9.17, 15) is 14.0 Å². The van der Waals surface area contributed by atoms with Crippen LogP contribution in [-0.4, -0.2) is 17.9 Å². The van der Waals surface area contributed by atoms with Crippen LogP contribution in [0.2, 0.25) is 0 Å². The predicted molar refractivity (Wildman–Crippen MR) is 131 cm³/mol. The Balaban J connectivity index is 1.35. The topological polar surface area (TPSA) is 86.0 Å². The van der Waals surface area contributed by atoms with Crippen LogP contribution < -0.4 is 14.9 Å². The maximum absolute atomic E-state index is 12.9. The number of hydrogen-bond donors (Lipinski definition) is 1. The van der Waals surface area contributed by atoms with Crippen molar-refractivity contribution in [3.05, 3.63) is 106 Å². The highest BCUT2D eigenvalue weighted by molar-refractivity contribution is 5.88. The molecule has 35 heavy (non-hydrogen) atoms. The number of carboxylic acid groups (broad SMARTS) is 1. The van der Waals surface area contributed by atoms with Gasteiger partial charge in [-0.05, 0) is 60.7 Å². The second kappa shape index (κ2) is 11.2. The minimum atomic E-state index is -1.56. The number of carbonyl (C=O) groups is 1. The van der Waals surface area contributed by atoms with E-state index in [1.807, 2.05) is 30.3 Å². The van der Waals surface area contributed by atoms with Crippen LogP contribution in [0.1, 0.15) is 29.5 Å². The zero-order valence-corrected chi connectivity index (χ0v) is 18.8. The SMILES string of the molecule is O=C(O)Oc1cc(=O)c2cccc(/C=C/c3ccc(OCCCCc4ccc(F)cc4)cc3)c2o1. The summed E-state index contributed by atoms with van der Waals surface area (Å²) < 4.78 is 28.8. The molecule has 0 aliphatic heterocycles. The Hall–Kier alpha value is -4.39. The summed E-state index contributed by atoms with van der Waals surface area (Å²) in [6.07, 6.45) is 4.79. The molecule has 1 aromatic heterocycles. The summed E-state index contributed by atoms with van der Waals surface area (Å²) in [7, 11) is 0. The molecule has 0 saturated heterocycles. The monoisotopic (exact) mass is 474 g/mol. The number of fused-ring (bicyclic) bond motifs is 1. The first kappa shape index (κ1) is 23.8. The van der Waals surface area contributed by atoms with Gasteiger partial charge in [-0.3, -0.25) is 4.79 Å². The van der Waals surface area contributed by atoms with Crippen molar-refractivity contribution in [2.75, 3.05) is 6.61 Å². The third kappa shape index (κ3) is 6.57. The van der Waals surface area contributed by atoms with Gasteiger partial charge in [-0.25, -0.2) is 9.18 Å². The fourth-order valence-electron chi connectivity index (χ4n) is 3.58. The van der Waals surface area contributed by atoms with Gasteiger partial charge in [0.1, 0.15) is 17.1 Å². The van der Waals surface area contributed by atoms with E-state index >= 15 is 0 Å². The smallest absolute Gasteiger partial charge is 0.494 e. The lowest BCUT2D eigenvalue weighted by molar-refractivity contribution is 0.133. The van der Waals surface area contributed by atoms with Gasteiger partial charge < -0.3 is 19.0 Å². The van der Waals surface area contributed by atoms with E-state index in [0.717, 1.165) is 42.2 Å². The van der Waals surface area contributed by atoms with Gasteiger partial charge in [0.25, 0.3) is 5.95 Å². The Morgan fingerprint density at radius 3 is 2.49 bits per heavy atom. The second-order valence-electron chi connectivity index (χ2n) is 7.86. The Kier molecular flexibility index (Phi) is 7.57. The summed E-state index contributed by atoms with van der Waals surface area (Å²) in [6.45, 7) is 0.589. The highest BCUT2D eigenvalue weighted by Gasteiger charge is 2.11. The number of benzene rings is 3. The molecule has 4 aromatic rings.